The lowest BCUT2D eigenvalue weighted by atomic mass is 10.1. The summed E-state index contributed by atoms with van der Waals surface area (Å²) < 4.78 is 0. The van der Waals surface area contributed by atoms with Gasteiger partial charge in [-0.2, -0.15) is 0 Å². The summed E-state index contributed by atoms with van der Waals surface area (Å²) in [5, 5.41) is 5.93. The topological polar surface area (TPSA) is 61.4 Å². The molecule has 3 aromatic carbocycles. The number of amides is 3. The Morgan fingerprint density at radius 2 is 1.61 bits per heavy atom. The van der Waals surface area contributed by atoms with Crippen LogP contribution in [0.1, 0.15) is 39.9 Å². The van der Waals surface area contributed by atoms with E-state index in [0.29, 0.717) is 17.8 Å². The fourth-order valence-corrected chi connectivity index (χ4v) is 3.88. The number of nitrogens with one attached hydrogen (secondary N) is 2. The quantitative estimate of drug-likeness (QED) is 0.559. The number of aryl methyl sites for hydroxylation is 2. The second-order valence-electron chi connectivity index (χ2n) is 7.95. The van der Waals surface area contributed by atoms with Crippen LogP contribution in [0.4, 0.5) is 21.9 Å². The van der Waals surface area contributed by atoms with Crippen molar-refractivity contribution in [3.63, 3.8) is 0 Å². The van der Waals surface area contributed by atoms with E-state index < -0.39 is 0 Å². The highest BCUT2D eigenvalue weighted by Crippen LogP contribution is 2.27. The number of urea groups is 1. The summed E-state index contributed by atoms with van der Waals surface area (Å²) in [4.78, 5) is 27.4. The zero-order chi connectivity index (χ0) is 21.8. The van der Waals surface area contributed by atoms with Gasteiger partial charge in [0.1, 0.15) is 0 Å². The molecule has 5 nitrogen and oxygen atoms in total. The van der Waals surface area contributed by atoms with E-state index >= 15 is 0 Å². The number of anilines is 3. The molecule has 1 heterocycles. The molecule has 0 aliphatic carbocycles. The fourth-order valence-electron chi connectivity index (χ4n) is 3.88. The first-order valence-electron chi connectivity index (χ1n) is 10.7. The van der Waals surface area contributed by atoms with Crippen LogP contribution in [-0.2, 0) is 6.42 Å². The van der Waals surface area contributed by atoms with Crippen LogP contribution in [-0.4, -0.2) is 18.5 Å². The van der Waals surface area contributed by atoms with Crippen LogP contribution < -0.4 is 15.5 Å². The Morgan fingerprint density at radius 3 is 2.42 bits per heavy atom. The summed E-state index contributed by atoms with van der Waals surface area (Å²) in [7, 11) is 0. The van der Waals surface area contributed by atoms with E-state index in [1.54, 1.807) is 24.3 Å². The first-order valence-corrected chi connectivity index (χ1v) is 10.7. The Labute approximate surface area is 183 Å². The molecule has 4 rings (SSSR count). The zero-order valence-electron chi connectivity index (χ0n) is 17.9. The average Bonchev–Trinajstić information content (AvgIpc) is 3.00. The first-order chi connectivity index (χ1) is 15.0. The first kappa shape index (κ1) is 20.7. The molecular weight excluding hydrogens is 386 g/mol. The molecule has 0 radical (unpaired) electrons. The summed E-state index contributed by atoms with van der Waals surface area (Å²) in [6.45, 7) is 4.70. The van der Waals surface area contributed by atoms with Gasteiger partial charge in [-0.15, -0.1) is 0 Å². The molecular formula is C26H27N3O2. The van der Waals surface area contributed by atoms with Crippen molar-refractivity contribution in [2.24, 2.45) is 0 Å². The zero-order valence-corrected chi connectivity index (χ0v) is 17.9. The second kappa shape index (κ2) is 9.04. The molecule has 0 bridgehead atoms. The molecule has 0 saturated carbocycles. The molecule has 0 saturated heterocycles. The van der Waals surface area contributed by atoms with Crippen LogP contribution in [0.15, 0.2) is 66.7 Å². The molecule has 0 atom stereocenters. The van der Waals surface area contributed by atoms with Crippen LogP contribution in [0, 0.1) is 13.8 Å². The van der Waals surface area contributed by atoms with Gasteiger partial charge in [0.15, 0.2) is 0 Å². The maximum absolute atomic E-state index is 12.9. The van der Waals surface area contributed by atoms with Crippen molar-refractivity contribution in [2.75, 3.05) is 22.1 Å². The van der Waals surface area contributed by atoms with Crippen LogP contribution in [0.2, 0.25) is 0 Å². The highest BCUT2D eigenvalue weighted by Gasteiger charge is 2.21. The number of hydrogen-bond donors (Lipinski definition) is 2. The minimum Gasteiger partial charge on any atom is -0.322 e. The number of nitrogens with zero attached hydrogens (tertiary/aromatic N) is 1. The lowest BCUT2D eigenvalue weighted by molar-refractivity contribution is 0.102. The summed E-state index contributed by atoms with van der Waals surface area (Å²) in [6, 6.07) is 20.7. The van der Waals surface area contributed by atoms with E-state index in [1.807, 2.05) is 55.1 Å². The lowest BCUT2D eigenvalue weighted by Gasteiger charge is -2.23. The maximum Gasteiger partial charge on any atom is 0.326 e. The fraction of sp³-hybridized carbons (Fsp3) is 0.231. The van der Waals surface area contributed by atoms with Gasteiger partial charge in [-0.05, 0) is 86.2 Å². The van der Waals surface area contributed by atoms with Crippen molar-refractivity contribution in [1.29, 1.82) is 0 Å². The van der Waals surface area contributed by atoms with E-state index in [1.165, 1.54) is 5.56 Å². The molecule has 5 heteroatoms. The molecule has 3 aromatic rings. The lowest BCUT2D eigenvalue weighted by Crippen LogP contribution is -2.35. The van der Waals surface area contributed by atoms with Crippen LogP contribution in [0.3, 0.4) is 0 Å². The molecule has 31 heavy (non-hydrogen) atoms. The van der Waals surface area contributed by atoms with Crippen molar-refractivity contribution in [3.05, 3.63) is 89.0 Å². The Balaban J connectivity index is 1.44. The van der Waals surface area contributed by atoms with Gasteiger partial charge >= 0.3 is 6.03 Å². The average molecular weight is 414 g/mol. The van der Waals surface area contributed by atoms with Crippen molar-refractivity contribution >= 4 is 29.0 Å². The molecule has 0 unspecified atom stereocenters. The van der Waals surface area contributed by atoms with Gasteiger partial charge in [-0.1, -0.05) is 30.3 Å². The van der Waals surface area contributed by atoms with Gasteiger partial charge in [0.25, 0.3) is 5.91 Å². The molecule has 1 aliphatic rings. The third-order valence-corrected chi connectivity index (χ3v) is 5.86. The Bertz CT molecular complexity index is 1110. The molecule has 0 fully saturated rings. The highest BCUT2D eigenvalue weighted by atomic mass is 16.2. The minimum atomic E-state index is -0.173. The van der Waals surface area contributed by atoms with Crippen LogP contribution in [0.5, 0.6) is 0 Å². The largest absolute Gasteiger partial charge is 0.326 e. The highest BCUT2D eigenvalue weighted by molar-refractivity contribution is 6.06. The molecule has 3 amide bonds. The molecule has 1 aliphatic heterocycles. The van der Waals surface area contributed by atoms with Crippen LogP contribution in [0.25, 0.3) is 0 Å². The van der Waals surface area contributed by atoms with Gasteiger partial charge in [-0.3, -0.25) is 9.69 Å². The van der Waals surface area contributed by atoms with Gasteiger partial charge in [0.05, 0.1) is 0 Å². The number of rotatable bonds is 3. The maximum atomic E-state index is 12.9. The minimum absolute atomic E-state index is 0.151. The third kappa shape index (κ3) is 4.61. The van der Waals surface area contributed by atoms with E-state index in [4.69, 9.17) is 0 Å². The van der Waals surface area contributed by atoms with E-state index in [0.717, 1.165) is 41.8 Å². The van der Waals surface area contributed by atoms with Gasteiger partial charge < -0.3 is 10.6 Å². The number of carbonyl (C=O) groups excluding carboxylic acids is 2. The Morgan fingerprint density at radius 1 is 0.839 bits per heavy atom. The smallest absolute Gasteiger partial charge is 0.322 e. The standard InChI is InChI=1S/C26H27N3O2/c1-18-8-7-11-23(19(18)2)28-25(30)21-13-15-22(16-14-21)27-26(31)29-17-6-5-10-20-9-3-4-12-24(20)29/h3-4,7-9,11-16H,5-6,10,17H2,1-2H3,(H,27,31)(H,28,30). The van der Waals surface area contributed by atoms with E-state index in [-0.39, 0.29) is 11.9 Å². The summed E-state index contributed by atoms with van der Waals surface area (Å²) >= 11 is 0. The van der Waals surface area contributed by atoms with Gasteiger partial charge in [0.2, 0.25) is 0 Å². The predicted octanol–water partition coefficient (Wildman–Crippen LogP) is 5.93. The van der Waals surface area contributed by atoms with Crippen molar-refractivity contribution in [3.8, 4) is 0 Å². The van der Waals surface area contributed by atoms with Gasteiger partial charge in [0, 0.05) is 29.2 Å². The number of benzene rings is 3. The SMILES string of the molecule is Cc1cccc(NC(=O)c2ccc(NC(=O)N3CCCCc4ccccc43)cc2)c1C. The van der Waals surface area contributed by atoms with Crippen molar-refractivity contribution in [2.45, 2.75) is 33.1 Å². The number of carbonyl (C=O) groups is 2. The van der Waals surface area contributed by atoms with E-state index in [2.05, 4.69) is 16.7 Å². The molecule has 2 N–H and O–H groups in total. The third-order valence-electron chi connectivity index (χ3n) is 5.86. The number of fused-ring (bicyclic) bond motifs is 1. The molecule has 158 valence electrons. The molecule has 0 spiro atoms. The Hall–Kier alpha value is -3.60. The van der Waals surface area contributed by atoms with Gasteiger partial charge in [-0.25, -0.2) is 4.79 Å². The normalized spacial score (nSPS) is 13.2. The van der Waals surface area contributed by atoms with E-state index in [9.17, 15) is 9.59 Å². The Kier molecular flexibility index (Phi) is 6.03. The molecule has 0 aromatic heterocycles. The summed E-state index contributed by atoms with van der Waals surface area (Å²) in [5.74, 6) is -0.173. The second-order valence-corrected chi connectivity index (χ2v) is 7.95. The van der Waals surface area contributed by atoms with Crippen molar-refractivity contribution in [1.82, 2.24) is 0 Å². The summed E-state index contributed by atoms with van der Waals surface area (Å²) in [5.41, 5.74) is 6.37. The summed E-state index contributed by atoms with van der Waals surface area (Å²) in [6.07, 6.45) is 3.04. The van der Waals surface area contributed by atoms with Crippen molar-refractivity contribution < 1.29 is 9.59 Å². The predicted molar refractivity (Wildman–Crippen MR) is 126 cm³/mol. The number of hydrogen-bond acceptors (Lipinski definition) is 2. The monoisotopic (exact) mass is 413 g/mol. The van der Waals surface area contributed by atoms with Crippen LogP contribution >= 0.6 is 0 Å². The number of para-hydroxylation sites is 1.